The number of carbonyl (C=O) groups is 2. The molecule has 0 saturated carbocycles. The number of nitrogens with zero attached hydrogens (tertiary/aromatic N) is 4. The van der Waals surface area contributed by atoms with Crippen LogP contribution >= 0.6 is 11.6 Å². The number of rotatable bonds is 9. The van der Waals surface area contributed by atoms with Crippen LogP contribution in [0.25, 0.3) is 11.5 Å². The molecule has 1 aromatic carbocycles. The number of ether oxygens (including phenoxy) is 3. The van der Waals surface area contributed by atoms with E-state index in [-0.39, 0.29) is 63.7 Å². The van der Waals surface area contributed by atoms with Crippen LogP contribution in [0.1, 0.15) is 42.1 Å². The number of sulfone groups is 1. The molecule has 1 spiro atoms. The summed E-state index contributed by atoms with van der Waals surface area (Å²) >= 11 is 6.47. The topological polar surface area (TPSA) is 180 Å². The molecule has 5 rings (SSSR count). The molecule has 15 heteroatoms. The maximum atomic E-state index is 13.9. The zero-order valence-electron chi connectivity index (χ0n) is 23.5. The van der Waals surface area contributed by atoms with Gasteiger partial charge < -0.3 is 23.8 Å². The maximum absolute atomic E-state index is 13.9. The third-order valence-corrected chi connectivity index (χ3v) is 8.61. The molecule has 13 nitrogen and oxygen atoms in total. The van der Waals surface area contributed by atoms with Gasteiger partial charge in [0.2, 0.25) is 17.2 Å². The van der Waals surface area contributed by atoms with E-state index in [0.29, 0.717) is 5.69 Å². The molecule has 1 N–H and O–H groups in total. The first-order valence-corrected chi connectivity index (χ1v) is 15.5. The van der Waals surface area contributed by atoms with E-state index in [2.05, 4.69) is 20.1 Å². The van der Waals surface area contributed by atoms with Gasteiger partial charge in [0.25, 0.3) is 5.89 Å². The molecule has 43 heavy (non-hydrogen) atoms. The van der Waals surface area contributed by atoms with Crippen molar-refractivity contribution >= 4 is 39.2 Å². The van der Waals surface area contributed by atoms with E-state index >= 15 is 0 Å². The Morgan fingerprint density at radius 3 is 2.65 bits per heavy atom. The fourth-order valence-corrected chi connectivity index (χ4v) is 5.95. The zero-order chi connectivity index (χ0) is 31.1. The molecule has 0 fully saturated rings. The van der Waals surface area contributed by atoms with E-state index in [1.807, 2.05) is 0 Å². The standard InChI is InChI=1S/C28H27ClN4O9S/c1-14-11-18(34)15(24(35)28(14)25(36)21-19(39-2)12-20(40-3)22(29)23(21)41-28)13-31-17(8-10-43(4,37)38)27-32-26(33-42-27)16-7-5-6-9-30-16/h5-7,9,12-14,17,35H,8,10-11H2,1-4H3. The zero-order valence-corrected chi connectivity index (χ0v) is 25.1. The average Bonchev–Trinajstić information content (AvgIpc) is 3.58. The summed E-state index contributed by atoms with van der Waals surface area (Å²) in [5.41, 5.74) is -1.88. The first-order chi connectivity index (χ1) is 20.4. The molecule has 0 saturated heterocycles. The summed E-state index contributed by atoms with van der Waals surface area (Å²) in [7, 11) is -0.678. The highest BCUT2D eigenvalue weighted by atomic mass is 35.5. The normalized spacial score (nSPS) is 20.9. The predicted molar refractivity (Wildman–Crippen MR) is 154 cm³/mol. The fourth-order valence-electron chi connectivity index (χ4n) is 5.03. The first kappa shape index (κ1) is 30.2. The summed E-state index contributed by atoms with van der Waals surface area (Å²) < 4.78 is 46.1. The molecule has 3 heterocycles. The van der Waals surface area contributed by atoms with E-state index in [9.17, 15) is 23.1 Å². The maximum Gasteiger partial charge on any atom is 0.251 e. The number of carbonyl (C=O) groups excluding carboxylic acids is 2. The van der Waals surface area contributed by atoms with Crippen LogP contribution in [-0.2, 0) is 14.6 Å². The number of fused-ring (bicyclic) bond motifs is 1. The van der Waals surface area contributed by atoms with Crippen LogP contribution in [0.5, 0.6) is 17.2 Å². The quantitative estimate of drug-likeness (QED) is 0.338. The molecule has 3 unspecified atom stereocenters. The van der Waals surface area contributed by atoms with Gasteiger partial charge in [-0.15, -0.1) is 0 Å². The second kappa shape index (κ2) is 11.4. The lowest BCUT2D eigenvalue weighted by Crippen LogP contribution is -2.52. The van der Waals surface area contributed by atoms with Crippen molar-refractivity contribution in [1.29, 1.82) is 0 Å². The van der Waals surface area contributed by atoms with Crippen molar-refractivity contribution in [1.82, 2.24) is 15.1 Å². The van der Waals surface area contributed by atoms with E-state index < -0.39 is 44.7 Å². The first-order valence-electron chi connectivity index (χ1n) is 13.0. The van der Waals surface area contributed by atoms with Crippen molar-refractivity contribution in [3.63, 3.8) is 0 Å². The summed E-state index contributed by atoms with van der Waals surface area (Å²) in [6.07, 6.45) is 3.44. The van der Waals surface area contributed by atoms with Gasteiger partial charge in [0.05, 0.1) is 25.5 Å². The van der Waals surface area contributed by atoms with Gasteiger partial charge in [0.15, 0.2) is 17.3 Å². The summed E-state index contributed by atoms with van der Waals surface area (Å²) in [6, 6.07) is 5.54. The van der Waals surface area contributed by atoms with Crippen molar-refractivity contribution < 1.29 is 41.8 Å². The molecular formula is C28H27ClN4O9S. The molecular weight excluding hydrogens is 604 g/mol. The number of aromatic nitrogens is 3. The lowest BCUT2D eigenvalue weighted by Gasteiger charge is -2.36. The Balaban J connectivity index is 1.56. The monoisotopic (exact) mass is 630 g/mol. The van der Waals surface area contributed by atoms with Gasteiger partial charge in [0.1, 0.15) is 43.7 Å². The van der Waals surface area contributed by atoms with Crippen molar-refractivity contribution in [3.8, 4) is 28.8 Å². The minimum Gasteiger partial charge on any atom is -0.507 e. The lowest BCUT2D eigenvalue weighted by atomic mass is 9.73. The molecule has 3 atom stereocenters. The number of benzene rings is 1. The van der Waals surface area contributed by atoms with Gasteiger partial charge in [-0.3, -0.25) is 19.6 Å². The SMILES string of the molecule is COc1cc(OC)c2c(c1Cl)OC1(C2=O)C(O)=C(C=NC(CCS(C)(=O)=O)c2nc(-c3ccccn3)no2)C(=O)CC1C. The fraction of sp³-hybridized carbons (Fsp3) is 0.357. The van der Waals surface area contributed by atoms with Crippen LogP contribution in [0.15, 0.2) is 51.3 Å². The number of hydrogen-bond donors (Lipinski definition) is 1. The lowest BCUT2D eigenvalue weighted by molar-refractivity contribution is -0.118. The van der Waals surface area contributed by atoms with Gasteiger partial charge >= 0.3 is 0 Å². The van der Waals surface area contributed by atoms with Crippen LogP contribution in [0, 0.1) is 5.92 Å². The van der Waals surface area contributed by atoms with Crippen LogP contribution in [0.2, 0.25) is 5.02 Å². The predicted octanol–water partition coefficient (Wildman–Crippen LogP) is 3.78. The Morgan fingerprint density at radius 1 is 1.26 bits per heavy atom. The molecule has 1 aliphatic heterocycles. The Kier molecular flexibility index (Phi) is 8.01. The van der Waals surface area contributed by atoms with Crippen LogP contribution in [-0.4, -0.2) is 78.3 Å². The number of Topliss-reactive ketones (excluding diaryl/α,β-unsaturated/α-hetero) is 2. The molecule has 2 aromatic heterocycles. The summed E-state index contributed by atoms with van der Waals surface area (Å²) in [5, 5.41) is 15.4. The highest BCUT2D eigenvalue weighted by molar-refractivity contribution is 7.90. The highest BCUT2D eigenvalue weighted by Crippen LogP contribution is 2.54. The summed E-state index contributed by atoms with van der Waals surface area (Å²) in [4.78, 5) is 40.0. The van der Waals surface area contributed by atoms with E-state index in [0.717, 1.165) is 12.5 Å². The van der Waals surface area contributed by atoms with Gasteiger partial charge in [-0.2, -0.15) is 4.98 Å². The Bertz CT molecular complexity index is 1770. The highest BCUT2D eigenvalue weighted by Gasteiger charge is 2.60. The number of pyridine rings is 1. The summed E-state index contributed by atoms with van der Waals surface area (Å²) in [5.74, 6) is -2.54. The van der Waals surface area contributed by atoms with Gasteiger partial charge in [-0.25, -0.2) is 8.42 Å². The third kappa shape index (κ3) is 5.36. The average molecular weight is 631 g/mol. The van der Waals surface area contributed by atoms with Gasteiger partial charge in [-0.1, -0.05) is 29.7 Å². The molecule has 3 aromatic rings. The number of methoxy groups -OCH3 is 2. The number of hydrogen-bond acceptors (Lipinski definition) is 13. The van der Waals surface area contributed by atoms with Crippen molar-refractivity contribution in [3.05, 3.63) is 58.3 Å². The Morgan fingerprint density at radius 2 is 2.00 bits per heavy atom. The molecule has 1 aliphatic carbocycles. The molecule has 226 valence electrons. The third-order valence-electron chi connectivity index (χ3n) is 7.28. The van der Waals surface area contributed by atoms with E-state index in [4.69, 9.17) is 30.3 Å². The van der Waals surface area contributed by atoms with Crippen molar-refractivity contribution in [2.75, 3.05) is 26.2 Å². The minimum atomic E-state index is -3.42. The Hall–Kier alpha value is -4.30. The van der Waals surface area contributed by atoms with E-state index in [1.54, 1.807) is 31.3 Å². The minimum absolute atomic E-state index is 0.00316. The van der Waals surface area contributed by atoms with Crippen LogP contribution in [0.3, 0.4) is 0 Å². The second-order valence-electron chi connectivity index (χ2n) is 10.1. The van der Waals surface area contributed by atoms with Crippen LogP contribution in [0.4, 0.5) is 0 Å². The number of halogens is 1. The van der Waals surface area contributed by atoms with E-state index in [1.165, 1.54) is 20.3 Å². The number of aliphatic hydroxyl groups is 1. The number of ketones is 2. The van der Waals surface area contributed by atoms with Gasteiger partial charge in [0, 0.05) is 37.1 Å². The van der Waals surface area contributed by atoms with Crippen molar-refractivity contribution in [2.45, 2.75) is 31.4 Å². The molecule has 2 aliphatic rings. The smallest absolute Gasteiger partial charge is 0.251 e. The number of aliphatic hydroxyl groups excluding tert-OH is 1. The molecule has 0 amide bonds. The number of allylic oxidation sites excluding steroid dienone is 1. The largest absolute Gasteiger partial charge is 0.507 e. The number of aliphatic imine (C=N–C) groups is 1. The molecule has 0 bridgehead atoms. The Labute approximate surface area is 251 Å². The van der Waals surface area contributed by atoms with Gasteiger partial charge in [-0.05, 0) is 18.6 Å². The second-order valence-corrected chi connectivity index (χ2v) is 12.8. The van der Waals surface area contributed by atoms with Crippen LogP contribution < -0.4 is 14.2 Å². The molecule has 0 radical (unpaired) electrons. The summed E-state index contributed by atoms with van der Waals surface area (Å²) in [6.45, 7) is 1.59. The van der Waals surface area contributed by atoms with Crippen molar-refractivity contribution in [2.24, 2.45) is 10.9 Å².